The molecule has 3 rings (SSSR count). The van der Waals surface area contributed by atoms with Crippen molar-refractivity contribution in [3.63, 3.8) is 0 Å². The summed E-state index contributed by atoms with van der Waals surface area (Å²) in [5.41, 5.74) is 3.62. The van der Waals surface area contributed by atoms with Crippen molar-refractivity contribution in [2.24, 2.45) is 7.05 Å². The minimum absolute atomic E-state index is 0.224. The summed E-state index contributed by atoms with van der Waals surface area (Å²) in [6.07, 6.45) is 0.608. The number of nitrogens with zero attached hydrogens (tertiary/aromatic N) is 2. The number of amides is 2. The maximum absolute atomic E-state index is 12.7. The van der Waals surface area contributed by atoms with Crippen LogP contribution < -0.4 is 11.0 Å². The van der Waals surface area contributed by atoms with E-state index in [0.29, 0.717) is 12.3 Å². The molecule has 1 aromatic carbocycles. The molecule has 0 aliphatic carbocycles. The van der Waals surface area contributed by atoms with Gasteiger partial charge in [0, 0.05) is 13.5 Å². The number of hydrogen-bond acceptors (Lipinski definition) is 3. The standard InChI is InChI=1S/C17H21N3O3/c1-9(2)11-5-6-12-15(10(11)3)19(4)17(23)20(12)13-7-8-14(21)18-16(13)22/h5-6,9,13H,7-8H2,1-4H3,(H,18,21,22). The van der Waals surface area contributed by atoms with Gasteiger partial charge in [-0.1, -0.05) is 19.9 Å². The molecule has 1 unspecified atom stereocenters. The number of carbonyl (C=O) groups excluding carboxylic acids is 2. The molecule has 0 bridgehead atoms. The number of aromatic nitrogens is 2. The summed E-state index contributed by atoms with van der Waals surface area (Å²) in [5, 5.41) is 2.33. The monoisotopic (exact) mass is 315 g/mol. The van der Waals surface area contributed by atoms with E-state index < -0.39 is 11.9 Å². The molecule has 0 saturated carbocycles. The van der Waals surface area contributed by atoms with Crippen molar-refractivity contribution in [2.75, 3.05) is 0 Å². The molecule has 1 atom stereocenters. The highest BCUT2D eigenvalue weighted by Crippen LogP contribution is 2.29. The van der Waals surface area contributed by atoms with E-state index in [2.05, 4.69) is 19.2 Å². The van der Waals surface area contributed by atoms with E-state index in [-0.39, 0.29) is 18.0 Å². The number of imidazole rings is 1. The second kappa shape index (κ2) is 5.37. The Bertz CT molecular complexity index is 873. The molecular formula is C17H21N3O3. The van der Waals surface area contributed by atoms with Crippen molar-refractivity contribution in [1.29, 1.82) is 0 Å². The number of benzene rings is 1. The molecule has 2 amide bonds. The van der Waals surface area contributed by atoms with Gasteiger partial charge in [0.05, 0.1) is 11.0 Å². The van der Waals surface area contributed by atoms with E-state index in [4.69, 9.17) is 0 Å². The van der Waals surface area contributed by atoms with Crippen LogP contribution in [0.4, 0.5) is 0 Å². The van der Waals surface area contributed by atoms with Crippen molar-refractivity contribution in [3.8, 4) is 0 Å². The predicted molar refractivity (Wildman–Crippen MR) is 87.4 cm³/mol. The molecule has 6 nitrogen and oxygen atoms in total. The lowest BCUT2D eigenvalue weighted by Gasteiger charge is -2.22. The third-order valence-electron chi connectivity index (χ3n) is 4.68. The summed E-state index contributed by atoms with van der Waals surface area (Å²) in [4.78, 5) is 36.2. The van der Waals surface area contributed by atoms with E-state index >= 15 is 0 Å². The van der Waals surface area contributed by atoms with Gasteiger partial charge in [0.1, 0.15) is 6.04 Å². The van der Waals surface area contributed by atoms with Gasteiger partial charge in [-0.2, -0.15) is 0 Å². The number of imide groups is 1. The van der Waals surface area contributed by atoms with Gasteiger partial charge >= 0.3 is 5.69 Å². The fraction of sp³-hybridized carbons (Fsp3) is 0.471. The zero-order valence-electron chi connectivity index (χ0n) is 13.8. The lowest BCUT2D eigenvalue weighted by molar-refractivity contribution is -0.135. The average molecular weight is 315 g/mol. The van der Waals surface area contributed by atoms with Gasteiger partial charge in [-0.25, -0.2) is 4.79 Å². The molecule has 1 aromatic heterocycles. The Labute approximate surface area is 134 Å². The Morgan fingerprint density at radius 1 is 1.22 bits per heavy atom. The van der Waals surface area contributed by atoms with E-state index in [1.165, 1.54) is 10.1 Å². The summed E-state index contributed by atoms with van der Waals surface area (Å²) in [6, 6.07) is 3.29. The Morgan fingerprint density at radius 2 is 1.91 bits per heavy atom. The van der Waals surface area contributed by atoms with Crippen LogP contribution in [0.2, 0.25) is 0 Å². The molecule has 1 N–H and O–H groups in total. The van der Waals surface area contributed by atoms with E-state index in [1.54, 1.807) is 11.6 Å². The van der Waals surface area contributed by atoms with Crippen LogP contribution in [0.25, 0.3) is 11.0 Å². The zero-order chi connectivity index (χ0) is 16.9. The number of nitrogens with one attached hydrogen (secondary N) is 1. The first kappa shape index (κ1) is 15.5. The first-order valence-electron chi connectivity index (χ1n) is 7.87. The topological polar surface area (TPSA) is 73.1 Å². The summed E-state index contributed by atoms with van der Waals surface area (Å²) in [6.45, 7) is 6.23. The Hall–Kier alpha value is -2.37. The highest BCUT2D eigenvalue weighted by Gasteiger charge is 2.31. The van der Waals surface area contributed by atoms with Crippen molar-refractivity contribution in [2.45, 2.75) is 45.6 Å². The molecule has 1 saturated heterocycles. The summed E-state index contributed by atoms with van der Waals surface area (Å²) >= 11 is 0. The van der Waals surface area contributed by atoms with Crippen molar-refractivity contribution < 1.29 is 9.59 Å². The van der Waals surface area contributed by atoms with Crippen LogP contribution in [-0.4, -0.2) is 20.9 Å². The van der Waals surface area contributed by atoms with Crippen LogP contribution in [-0.2, 0) is 16.6 Å². The summed E-state index contributed by atoms with van der Waals surface area (Å²) in [7, 11) is 1.73. The minimum Gasteiger partial charge on any atom is -0.295 e. The number of hydrogen-bond donors (Lipinski definition) is 1. The molecule has 1 fully saturated rings. The van der Waals surface area contributed by atoms with Crippen LogP contribution in [0.1, 0.15) is 49.8 Å². The lowest BCUT2D eigenvalue weighted by atomic mass is 9.96. The predicted octanol–water partition coefficient (Wildman–Crippen LogP) is 1.75. The van der Waals surface area contributed by atoms with Gasteiger partial charge in [0.2, 0.25) is 11.8 Å². The largest absolute Gasteiger partial charge is 0.329 e. The molecule has 0 spiro atoms. The average Bonchev–Trinajstić information content (AvgIpc) is 2.72. The Kier molecular flexibility index (Phi) is 3.62. The Morgan fingerprint density at radius 3 is 2.52 bits per heavy atom. The van der Waals surface area contributed by atoms with Gasteiger partial charge in [0.15, 0.2) is 0 Å². The molecule has 0 radical (unpaired) electrons. The molecule has 2 heterocycles. The third kappa shape index (κ3) is 2.29. The normalized spacial score (nSPS) is 18.7. The molecule has 122 valence electrons. The maximum Gasteiger partial charge on any atom is 0.329 e. The maximum atomic E-state index is 12.7. The second-order valence-corrected chi connectivity index (χ2v) is 6.48. The van der Waals surface area contributed by atoms with E-state index in [1.807, 2.05) is 19.1 Å². The number of aryl methyl sites for hydroxylation is 2. The van der Waals surface area contributed by atoms with Crippen molar-refractivity contribution in [3.05, 3.63) is 33.7 Å². The highest BCUT2D eigenvalue weighted by molar-refractivity contribution is 6.00. The first-order chi connectivity index (χ1) is 10.8. The SMILES string of the molecule is Cc1c(C(C)C)ccc2c1n(C)c(=O)n2C1CCC(=O)NC1=O. The fourth-order valence-corrected chi connectivity index (χ4v) is 3.53. The second-order valence-electron chi connectivity index (χ2n) is 6.48. The first-order valence-corrected chi connectivity index (χ1v) is 7.87. The van der Waals surface area contributed by atoms with Gasteiger partial charge in [0.25, 0.3) is 0 Å². The van der Waals surface area contributed by atoms with Crippen LogP contribution in [0, 0.1) is 6.92 Å². The molecule has 1 aliphatic rings. The number of fused-ring (bicyclic) bond motifs is 1. The number of rotatable bonds is 2. The third-order valence-corrected chi connectivity index (χ3v) is 4.68. The van der Waals surface area contributed by atoms with Crippen LogP contribution >= 0.6 is 0 Å². The van der Waals surface area contributed by atoms with Crippen molar-refractivity contribution in [1.82, 2.24) is 14.5 Å². The van der Waals surface area contributed by atoms with Crippen LogP contribution in [0.5, 0.6) is 0 Å². The highest BCUT2D eigenvalue weighted by atomic mass is 16.2. The fourth-order valence-electron chi connectivity index (χ4n) is 3.53. The lowest BCUT2D eigenvalue weighted by Crippen LogP contribution is -2.44. The molecular weight excluding hydrogens is 294 g/mol. The van der Waals surface area contributed by atoms with Gasteiger partial charge < -0.3 is 0 Å². The van der Waals surface area contributed by atoms with Gasteiger partial charge in [-0.05, 0) is 36.5 Å². The molecule has 6 heteroatoms. The smallest absolute Gasteiger partial charge is 0.295 e. The minimum atomic E-state index is -0.631. The zero-order valence-corrected chi connectivity index (χ0v) is 13.8. The van der Waals surface area contributed by atoms with Gasteiger partial charge in [-0.3, -0.25) is 24.0 Å². The van der Waals surface area contributed by atoms with Crippen molar-refractivity contribution >= 4 is 22.8 Å². The Balaban J connectivity index is 2.25. The van der Waals surface area contributed by atoms with E-state index in [9.17, 15) is 14.4 Å². The summed E-state index contributed by atoms with van der Waals surface area (Å²) in [5.74, 6) is -0.326. The summed E-state index contributed by atoms with van der Waals surface area (Å²) < 4.78 is 3.12. The van der Waals surface area contributed by atoms with Gasteiger partial charge in [-0.15, -0.1) is 0 Å². The van der Waals surface area contributed by atoms with E-state index in [0.717, 1.165) is 16.6 Å². The molecule has 23 heavy (non-hydrogen) atoms. The van der Waals surface area contributed by atoms with Crippen LogP contribution in [0.15, 0.2) is 16.9 Å². The number of carbonyl (C=O) groups is 2. The van der Waals surface area contributed by atoms with Crippen LogP contribution in [0.3, 0.4) is 0 Å². The quantitative estimate of drug-likeness (QED) is 0.858. The molecule has 1 aliphatic heterocycles. The number of piperidine rings is 1. The molecule has 2 aromatic rings.